The zero-order valence-corrected chi connectivity index (χ0v) is 18.5. The van der Waals surface area contributed by atoms with Crippen molar-refractivity contribution in [1.82, 2.24) is 34.9 Å². The maximum atomic E-state index is 13.1. The highest BCUT2D eigenvalue weighted by atomic mass is 16.2. The molecule has 1 spiro atoms. The molecule has 0 radical (unpaired) electrons. The minimum atomic E-state index is -0.837. The van der Waals surface area contributed by atoms with Gasteiger partial charge in [-0.05, 0) is 18.8 Å². The second kappa shape index (κ2) is 7.72. The highest BCUT2D eigenvalue weighted by molar-refractivity contribution is 6.09. The molecule has 2 aliphatic heterocycles. The lowest BCUT2D eigenvalue weighted by Gasteiger charge is -2.37. The van der Waals surface area contributed by atoms with Crippen LogP contribution in [0.25, 0.3) is 11.0 Å². The Kier molecular flexibility index (Phi) is 4.98. The summed E-state index contributed by atoms with van der Waals surface area (Å²) in [4.78, 5) is 52.3. The Morgan fingerprint density at radius 1 is 1.19 bits per heavy atom. The number of hydrogen-bond acceptors (Lipinski definition) is 7. The molecule has 1 aliphatic carbocycles. The standard InChI is InChI=1S/C21H28N8O3/c1-14-5-3-4-6-21(14)19(31)29(20(32)25-21)12-16(30)27-7-9-28(10-8-27)18-15-11-24-26(2)17(15)22-13-23-18/h11,13-14H,3-10,12H2,1-2H3,(H,25,32)/t14-,21+/m1/s1. The van der Waals surface area contributed by atoms with E-state index in [1.54, 1.807) is 15.8 Å². The van der Waals surface area contributed by atoms with Gasteiger partial charge < -0.3 is 15.1 Å². The minimum absolute atomic E-state index is 0.0773. The number of amides is 4. The number of rotatable bonds is 3. The monoisotopic (exact) mass is 440 g/mol. The summed E-state index contributed by atoms with van der Waals surface area (Å²) in [5.74, 6) is 0.426. The van der Waals surface area contributed by atoms with Gasteiger partial charge in [-0.15, -0.1) is 0 Å². The number of hydrogen-bond donors (Lipinski definition) is 1. The summed E-state index contributed by atoms with van der Waals surface area (Å²) in [5, 5.41) is 8.04. The molecule has 170 valence electrons. The van der Waals surface area contributed by atoms with Gasteiger partial charge in [0.15, 0.2) is 5.65 Å². The molecule has 4 heterocycles. The molecule has 0 aromatic carbocycles. The third-order valence-corrected chi connectivity index (χ3v) is 7.24. The van der Waals surface area contributed by atoms with Gasteiger partial charge >= 0.3 is 6.03 Å². The van der Waals surface area contributed by atoms with Crippen LogP contribution < -0.4 is 10.2 Å². The Morgan fingerprint density at radius 3 is 2.72 bits per heavy atom. The van der Waals surface area contributed by atoms with Gasteiger partial charge in [0.25, 0.3) is 5.91 Å². The largest absolute Gasteiger partial charge is 0.352 e. The van der Waals surface area contributed by atoms with Crippen molar-refractivity contribution in [3.63, 3.8) is 0 Å². The fourth-order valence-corrected chi connectivity index (χ4v) is 5.24. The van der Waals surface area contributed by atoms with Crippen molar-refractivity contribution in [2.75, 3.05) is 37.6 Å². The SMILES string of the molecule is C[C@@H]1CCCC[C@]12NC(=O)N(CC(=O)N1CCN(c3ncnc4c3cnn4C)CC1)C2=O. The Hall–Kier alpha value is -3.24. The number of aryl methyl sites for hydroxylation is 1. The normalized spacial score (nSPS) is 26.3. The molecule has 4 amide bonds. The van der Waals surface area contributed by atoms with Crippen LogP contribution in [-0.2, 0) is 16.6 Å². The Morgan fingerprint density at radius 2 is 1.97 bits per heavy atom. The van der Waals surface area contributed by atoms with Crippen molar-refractivity contribution in [3.8, 4) is 0 Å². The van der Waals surface area contributed by atoms with Crippen molar-refractivity contribution in [2.45, 2.75) is 38.1 Å². The third kappa shape index (κ3) is 3.18. The van der Waals surface area contributed by atoms with E-state index in [0.717, 1.165) is 41.0 Å². The molecule has 5 rings (SSSR count). The molecule has 1 N–H and O–H groups in total. The number of piperazine rings is 1. The average molecular weight is 441 g/mol. The summed E-state index contributed by atoms with van der Waals surface area (Å²) >= 11 is 0. The maximum Gasteiger partial charge on any atom is 0.325 e. The summed E-state index contributed by atoms with van der Waals surface area (Å²) in [6.45, 7) is 4.00. The quantitative estimate of drug-likeness (QED) is 0.691. The average Bonchev–Trinajstić information content (AvgIpc) is 3.29. The van der Waals surface area contributed by atoms with Gasteiger partial charge in [0, 0.05) is 33.2 Å². The predicted octanol–water partition coefficient (Wildman–Crippen LogP) is 0.513. The third-order valence-electron chi connectivity index (χ3n) is 7.24. The van der Waals surface area contributed by atoms with Gasteiger partial charge in [-0.1, -0.05) is 19.8 Å². The number of anilines is 1. The Labute approximate surface area is 185 Å². The second-order valence-electron chi connectivity index (χ2n) is 9.01. The molecule has 11 nitrogen and oxygen atoms in total. The summed E-state index contributed by atoms with van der Waals surface area (Å²) < 4.78 is 1.71. The topological polar surface area (TPSA) is 117 Å². The van der Waals surface area contributed by atoms with Crippen LogP contribution in [-0.4, -0.2) is 85.7 Å². The first-order valence-corrected chi connectivity index (χ1v) is 11.2. The zero-order chi connectivity index (χ0) is 22.5. The molecule has 2 atom stereocenters. The summed E-state index contributed by atoms with van der Waals surface area (Å²) in [7, 11) is 1.84. The molecule has 2 saturated heterocycles. The number of urea groups is 1. The van der Waals surface area contributed by atoms with E-state index in [0.29, 0.717) is 32.6 Å². The fourth-order valence-electron chi connectivity index (χ4n) is 5.24. The van der Waals surface area contributed by atoms with Crippen LogP contribution in [0.5, 0.6) is 0 Å². The van der Waals surface area contributed by atoms with Gasteiger partial charge in [-0.3, -0.25) is 19.2 Å². The first-order chi connectivity index (χ1) is 15.4. The van der Waals surface area contributed by atoms with Crippen LogP contribution in [0.3, 0.4) is 0 Å². The van der Waals surface area contributed by atoms with E-state index in [9.17, 15) is 14.4 Å². The Bertz CT molecular complexity index is 1080. The van der Waals surface area contributed by atoms with E-state index in [-0.39, 0.29) is 24.3 Å². The summed E-state index contributed by atoms with van der Waals surface area (Å²) in [5.41, 5.74) is -0.0749. The van der Waals surface area contributed by atoms with Crippen molar-refractivity contribution in [3.05, 3.63) is 12.5 Å². The van der Waals surface area contributed by atoms with Gasteiger partial charge in [0.2, 0.25) is 5.91 Å². The number of carbonyl (C=O) groups is 3. The lowest BCUT2D eigenvalue weighted by atomic mass is 9.73. The molecule has 2 aromatic heterocycles. The molecular weight excluding hydrogens is 412 g/mol. The van der Waals surface area contributed by atoms with E-state index in [1.807, 2.05) is 14.0 Å². The highest BCUT2D eigenvalue weighted by Crippen LogP contribution is 2.38. The first kappa shape index (κ1) is 20.7. The van der Waals surface area contributed by atoms with Crippen LogP contribution in [0, 0.1) is 5.92 Å². The zero-order valence-electron chi connectivity index (χ0n) is 18.5. The van der Waals surface area contributed by atoms with Crippen molar-refractivity contribution in [1.29, 1.82) is 0 Å². The fraction of sp³-hybridized carbons (Fsp3) is 0.619. The van der Waals surface area contributed by atoms with Crippen molar-refractivity contribution in [2.24, 2.45) is 13.0 Å². The lowest BCUT2D eigenvalue weighted by Crippen LogP contribution is -2.55. The number of nitrogens with one attached hydrogen (secondary N) is 1. The Balaban J connectivity index is 1.23. The molecule has 1 saturated carbocycles. The van der Waals surface area contributed by atoms with Crippen LogP contribution in [0.1, 0.15) is 32.6 Å². The van der Waals surface area contributed by atoms with Gasteiger partial charge in [-0.25, -0.2) is 14.8 Å². The number of carbonyl (C=O) groups excluding carboxylic acids is 3. The van der Waals surface area contributed by atoms with Crippen LogP contribution in [0.4, 0.5) is 10.6 Å². The molecule has 11 heteroatoms. The van der Waals surface area contributed by atoms with Crippen LogP contribution in [0.2, 0.25) is 0 Å². The predicted molar refractivity (Wildman–Crippen MR) is 116 cm³/mol. The van der Waals surface area contributed by atoms with Crippen LogP contribution >= 0.6 is 0 Å². The van der Waals surface area contributed by atoms with Gasteiger partial charge in [0.1, 0.15) is 24.2 Å². The number of aromatic nitrogens is 4. The van der Waals surface area contributed by atoms with E-state index in [4.69, 9.17) is 0 Å². The number of fused-ring (bicyclic) bond motifs is 1. The van der Waals surface area contributed by atoms with E-state index in [2.05, 4.69) is 25.3 Å². The molecule has 32 heavy (non-hydrogen) atoms. The molecule has 3 aliphatic rings. The maximum absolute atomic E-state index is 13.1. The summed E-state index contributed by atoms with van der Waals surface area (Å²) in [6, 6.07) is -0.448. The molecule has 0 bridgehead atoms. The van der Waals surface area contributed by atoms with Crippen molar-refractivity contribution < 1.29 is 14.4 Å². The smallest absolute Gasteiger partial charge is 0.325 e. The molecule has 0 unspecified atom stereocenters. The van der Waals surface area contributed by atoms with Gasteiger partial charge in [0.05, 0.1) is 11.6 Å². The number of imide groups is 1. The number of nitrogens with zero attached hydrogens (tertiary/aromatic N) is 7. The van der Waals surface area contributed by atoms with Crippen LogP contribution in [0.15, 0.2) is 12.5 Å². The molecule has 3 fully saturated rings. The highest BCUT2D eigenvalue weighted by Gasteiger charge is 2.55. The lowest BCUT2D eigenvalue weighted by molar-refractivity contribution is -0.140. The minimum Gasteiger partial charge on any atom is -0.352 e. The van der Waals surface area contributed by atoms with Crippen molar-refractivity contribution >= 4 is 34.7 Å². The summed E-state index contributed by atoms with van der Waals surface area (Å²) in [6.07, 6.45) is 6.80. The van der Waals surface area contributed by atoms with E-state index in [1.165, 1.54) is 6.33 Å². The van der Waals surface area contributed by atoms with E-state index < -0.39 is 11.6 Å². The van der Waals surface area contributed by atoms with E-state index >= 15 is 0 Å². The van der Waals surface area contributed by atoms with Gasteiger partial charge in [-0.2, -0.15) is 5.10 Å². The molecular formula is C21H28N8O3. The second-order valence-corrected chi connectivity index (χ2v) is 9.01. The first-order valence-electron chi connectivity index (χ1n) is 11.2. The molecule has 2 aromatic rings.